The summed E-state index contributed by atoms with van der Waals surface area (Å²) in [5, 5.41) is 18.7. The monoisotopic (exact) mass is 460 g/mol. The maximum atomic E-state index is 9.87. The van der Waals surface area contributed by atoms with E-state index in [9.17, 15) is 5.26 Å². The van der Waals surface area contributed by atoms with Gasteiger partial charge in [-0.2, -0.15) is 10.2 Å². The normalized spacial score (nSPS) is 17.9. The summed E-state index contributed by atoms with van der Waals surface area (Å²) in [6.07, 6.45) is 5.11. The molecule has 8 heteroatoms. The summed E-state index contributed by atoms with van der Waals surface area (Å²) in [6, 6.07) is 7.51. The fraction of sp³-hybridized carbons (Fsp3) is 0.538. The summed E-state index contributed by atoms with van der Waals surface area (Å²) in [5.74, 6) is 1.92. The van der Waals surface area contributed by atoms with Gasteiger partial charge in [0.05, 0.1) is 16.6 Å². The Hall–Kier alpha value is -3.02. The second-order valence-electron chi connectivity index (χ2n) is 9.40. The smallest absolute Gasteiger partial charge is 0.261 e. The molecule has 2 aliphatic heterocycles. The summed E-state index contributed by atoms with van der Waals surface area (Å²) < 4.78 is 11.1. The van der Waals surface area contributed by atoms with E-state index in [1.54, 1.807) is 0 Å². The van der Waals surface area contributed by atoms with Gasteiger partial charge in [-0.3, -0.25) is 0 Å². The van der Waals surface area contributed by atoms with Crippen LogP contribution < -0.4 is 10.2 Å². The summed E-state index contributed by atoms with van der Waals surface area (Å²) >= 11 is 0. The van der Waals surface area contributed by atoms with Gasteiger partial charge in [-0.15, -0.1) is 0 Å². The molecule has 2 aromatic heterocycles. The van der Waals surface area contributed by atoms with Gasteiger partial charge in [-0.1, -0.05) is 12.1 Å². The Kier molecular flexibility index (Phi) is 6.48. The molecule has 4 heterocycles. The van der Waals surface area contributed by atoms with Gasteiger partial charge in [0.1, 0.15) is 11.9 Å². The molecule has 0 aliphatic carbocycles. The first-order chi connectivity index (χ1) is 16.6. The lowest BCUT2D eigenvalue weighted by molar-refractivity contribution is 0.0738. The van der Waals surface area contributed by atoms with Crippen LogP contribution >= 0.6 is 0 Å². The minimum Gasteiger partial charge on any atom is -0.381 e. The highest BCUT2D eigenvalue weighted by Crippen LogP contribution is 2.38. The highest BCUT2D eigenvalue weighted by atomic mass is 16.5. The molecule has 0 atom stereocenters. The first-order valence-electron chi connectivity index (χ1n) is 12.3. The average molecular weight is 461 g/mol. The van der Waals surface area contributed by atoms with Crippen LogP contribution in [0.15, 0.2) is 16.7 Å². The first kappa shape index (κ1) is 22.8. The summed E-state index contributed by atoms with van der Waals surface area (Å²) in [6.45, 7) is 9.47. The highest BCUT2D eigenvalue weighted by molar-refractivity contribution is 5.95. The minimum absolute atomic E-state index is 0.488. The van der Waals surface area contributed by atoms with E-state index in [-0.39, 0.29) is 0 Å². The number of nitriles is 1. The Morgan fingerprint density at radius 1 is 1.09 bits per heavy atom. The molecule has 0 spiro atoms. The molecule has 1 aromatic carbocycles. The number of piperidine rings is 1. The van der Waals surface area contributed by atoms with Gasteiger partial charge in [0.15, 0.2) is 5.82 Å². The van der Waals surface area contributed by atoms with Gasteiger partial charge in [0, 0.05) is 43.8 Å². The van der Waals surface area contributed by atoms with Crippen LogP contribution in [0, 0.1) is 25.2 Å². The van der Waals surface area contributed by atoms with Crippen molar-refractivity contribution in [3.05, 3.63) is 34.6 Å². The predicted molar refractivity (Wildman–Crippen MR) is 131 cm³/mol. The number of rotatable bonds is 5. The molecule has 0 saturated carbocycles. The lowest BCUT2D eigenvalue weighted by Crippen LogP contribution is -2.48. The molecule has 0 bridgehead atoms. The van der Waals surface area contributed by atoms with E-state index in [0.29, 0.717) is 29.4 Å². The Labute approximate surface area is 200 Å². The fourth-order valence-electron chi connectivity index (χ4n) is 5.19. The number of pyridine rings is 1. The molecular formula is C26H32N6O2. The number of hydrogen-bond acceptors (Lipinski definition) is 8. The quantitative estimate of drug-likeness (QED) is 0.608. The van der Waals surface area contributed by atoms with Gasteiger partial charge in [-0.05, 0) is 69.2 Å². The zero-order valence-electron chi connectivity index (χ0n) is 20.2. The third-order valence-corrected chi connectivity index (χ3v) is 7.15. The standard InChI is InChI=1S/C26H32N6O2/c1-4-18-13-19(15-27)24-22(14-18)16(2)23(26-28-17(3)31-34-26)25(30-24)32-9-5-20(6-10-32)29-21-7-11-33-12-8-21/h13-14,20-21,29H,4-12H2,1-3H3. The van der Waals surface area contributed by atoms with E-state index in [0.717, 1.165) is 91.8 Å². The van der Waals surface area contributed by atoms with E-state index in [2.05, 4.69) is 46.3 Å². The summed E-state index contributed by atoms with van der Waals surface area (Å²) in [5.41, 5.74) is 4.38. The Balaban J connectivity index is 1.51. The molecule has 2 saturated heterocycles. The van der Waals surface area contributed by atoms with Crippen molar-refractivity contribution in [1.29, 1.82) is 5.26 Å². The molecule has 0 amide bonds. The molecule has 8 nitrogen and oxygen atoms in total. The van der Waals surface area contributed by atoms with Crippen LogP contribution in [0.1, 0.15) is 55.1 Å². The number of anilines is 1. The second-order valence-corrected chi connectivity index (χ2v) is 9.40. The first-order valence-corrected chi connectivity index (χ1v) is 12.3. The second kappa shape index (κ2) is 9.69. The molecule has 0 unspecified atom stereocenters. The molecule has 2 fully saturated rings. The van der Waals surface area contributed by atoms with E-state index < -0.39 is 0 Å². The van der Waals surface area contributed by atoms with E-state index >= 15 is 0 Å². The number of ether oxygens (including phenoxy) is 1. The minimum atomic E-state index is 0.488. The molecule has 3 aromatic rings. The van der Waals surface area contributed by atoms with Crippen molar-refractivity contribution < 1.29 is 9.26 Å². The summed E-state index contributed by atoms with van der Waals surface area (Å²) in [7, 11) is 0. The SMILES string of the molecule is CCc1cc(C#N)c2nc(N3CCC(NC4CCOCC4)CC3)c(-c3nc(C)no3)c(C)c2c1. The average Bonchev–Trinajstić information content (AvgIpc) is 3.30. The predicted octanol–water partition coefficient (Wildman–Crippen LogP) is 4.07. The number of aromatic nitrogens is 3. The number of nitrogens with zero attached hydrogens (tertiary/aromatic N) is 5. The van der Waals surface area contributed by atoms with Gasteiger partial charge in [0.25, 0.3) is 5.89 Å². The number of aryl methyl sites for hydroxylation is 3. The number of benzene rings is 1. The maximum absolute atomic E-state index is 9.87. The van der Waals surface area contributed by atoms with Crippen LogP contribution in [0.3, 0.4) is 0 Å². The van der Waals surface area contributed by atoms with Crippen LogP contribution in [-0.2, 0) is 11.2 Å². The molecule has 178 valence electrons. The lowest BCUT2D eigenvalue weighted by atomic mass is 9.96. The highest BCUT2D eigenvalue weighted by Gasteiger charge is 2.28. The van der Waals surface area contributed by atoms with Crippen molar-refractivity contribution >= 4 is 16.7 Å². The van der Waals surface area contributed by atoms with Crippen molar-refractivity contribution in [3.8, 4) is 17.5 Å². The van der Waals surface area contributed by atoms with Gasteiger partial charge in [-0.25, -0.2) is 4.98 Å². The lowest BCUT2D eigenvalue weighted by Gasteiger charge is -2.37. The number of hydrogen-bond donors (Lipinski definition) is 1. The third-order valence-electron chi connectivity index (χ3n) is 7.15. The van der Waals surface area contributed by atoms with E-state index in [1.165, 1.54) is 0 Å². The third kappa shape index (κ3) is 4.38. The largest absolute Gasteiger partial charge is 0.381 e. The Morgan fingerprint density at radius 3 is 2.47 bits per heavy atom. The fourth-order valence-corrected chi connectivity index (χ4v) is 5.19. The van der Waals surface area contributed by atoms with Crippen molar-refractivity contribution in [2.24, 2.45) is 0 Å². The Bertz CT molecular complexity index is 1220. The molecule has 1 N–H and O–H groups in total. The van der Waals surface area contributed by atoms with Crippen molar-refractivity contribution in [1.82, 2.24) is 20.4 Å². The molecule has 0 radical (unpaired) electrons. The zero-order valence-corrected chi connectivity index (χ0v) is 20.2. The molecular weight excluding hydrogens is 428 g/mol. The zero-order chi connectivity index (χ0) is 23.7. The van der Waals surface area contributed by atoms with Crippen LogP contribution in [0.25, 0.3) is 22.4 Å². The van der Waals surface area contributed by atoms with Crippen molar-refractivity contribution in [2.75, 3.05) is 31.2 Å². The topological polar surface area (TPSA) is 100 Å². The molecule has 2 aliphatic rings. The van der Waals surface area contributed by atoms with Crippen LogP contribution in [0.2, 0.25) is 0 Å². The van der Waals surface area contributed by atoms with Crippen molar-refractivity contribution in [3.63, 3.8) is 0 Å². The van der Waals surface area contributed by atoms with Gasteiger partial charge < -0.3 is 19.5 Å². The Morgan fingerprint density at radius 2 is 1.82 bits per heavy atom. The number of fused-ring (bicyclic) bond motifs is 1. The van der Waals surface area contributed by atoms with Gasteiger partial charge >= 0.3 is 0 Å². The van der Waals surface area contributed by atoms with Crippen LogP contribution in [-0.4, -0.2) is 53.5 Å². The van der Waals surface area contributed by atoms with Crippen LogP contribution in [0.4, 0.5) is 5.82 Å². The molecule has 5 rings (SSSR count). The van der Waals surface area contributed by atoms with Gasteiger partial charge in [0.2, 0.25) is 0 Å². The van der Waals surface area contributed by atoms with Crippen molar-refractivity contribution in [2.45, 2.75) is 65.0 Å². The maximum Gasteiger partial charge on any atom is 0.261 e. The van der Waals surface area contributed by atoms with Crippen LogP contribution in [0.5, 0.6) is 0 Å². The number of nitrogens with one attached hydrogen (secondary N) is 1. The van der Waals surface area contributed by atoms with E-state index in [1.807, 2.05) is 13.0 Å². The van der Waals surface area contributed by atoms with E-state index in [4.69, 9.17) is 14.2 Å². The molecule has 34 heavy (non-hydrogen) atoms. The summed E-state index contributed by atoms with van der Waals surface area (Å²) in [4.78, 5) is 11.9.